The van der Waals surface area contributed by atoms with E-state index in [1.54, 1.807) is 12.3 Å². The lowest BCUT2D eigenvalue weighted by molar-refractivity contribution is -0.125. The molecule has 2 heterocycles. The van der Waals surface area contributed by atoms with Gasteiger partial charge in [0, 0.05) is 58.3 Å². The third-order valence-electron chi connectivity index (χ3n) is 6.29. The Balaban J connectivity index is 1.40. The van der Waals surface area contributed by atoms with Crippen molar-refractivity contribution in [1.82, 2.24) is 15.2 Å². The second-order valence-corrected chi connectivity index (χ2v) is 10.3. The van der Waals surface area contributed by atoms with Gasteiger partial charge in [0.1, 0.15) is 0 Å². The highest BCUT2D eigenvalue weighted by atomic mass is 127. The molecule has 3 N–H and O–H groups in total. The van der Waals surface area contributed by atoms with Crippen molar-refractivity contribution in [2.24, 2.45) is 10.9 Å². The first kappa shape index (κ1) is 25.2. The van der Waals surface area contributed by atoms with Gasteiger partial charge in [-0.25, -0.2) is 0 Å². The molecule has 1 aromatic heterocycles. The third kappa shape index (κ3) is 6.21. The van der Waals surface area contributed by atoms with E-state index < -0.39 is 0 Å². The van der Waals surface area contributed by atoms with Crippen LogP contribution in [0, 0.1) is 9.49 Å². The van der Waals surface area contributed by atoms with Gasteiger partial charge in [0.25, 0.3) is 5.56 Å². The SMILES string of the molecule is CN(C)CCNC(=O)C1CCN(c2ccc(N=Cc3c(O)[nH]c(=O)c4ccc(I)cc34)cc2)CC1. The quantitative estimate of drug-likeness (QED) is 0.291. The number of aliphatic imine (C=N–C) groups is 1. The van der Waals surface area contributed by atoms with Crippen LogP contribution < -0.4 is 15.8 Å². The van der Waals surface area contributed by atoms with Crippen LogP contribution in [0.2, 0.25) is 0 Å². The van der Waals surface area contributed by atoms with E-state index in [0.29, 0.717) is 22.9 Å². The molecule has 0 aliphatic carbocycles. The summed E-state index contributed by atoms with van der Waals surface area (Å²) < 4.78 is 0.967. The van der Waals surface area contributed by atoms with Gasteiger partial charge in [0.15, 0.2) is 0 Å². The molecule has 4 rings (SSSR count). The molecule has 3 aromatic rings. The van der Waals surface area contributed by atoms with Gasteiger partial charge in [-0.2, -0.15) is 0 Å². The van der Waals surface area contributed by atoms with Gasteiger partial charge < -0.3 is 20.2 Å². The Morgan fingerprint density at radius 3 is 2.60 bits per heavy atom. The average Bonchev–Trinajstić information content (AvgIpc) is 2.84. The van der Waals surface area contributed by atoms with E-state index >= 15 is 0 Å². The standard InChI is InChI=1S/C26H30IN5O3/c1-31(2)14-11-28-24(33)17-9-12-32(13-10-17)20-6-4-19(5-7-20)29-16-23-22-15-18(27)3-8-21(22)25(34)30-26(23)35/h3-8,15-17H,9-14H2,1-2H3,(H,28,33)(H2,30,34,35). The Kier molecular flexibility index (Phi) is 8.07. The zero-order chi connectivity index (χ0) is 24.9. The smallest absolute Gasteiger partial charge is 0.258 e. The Morgan fingerprint density at radius 1 is 1.20 bits per heavy atom. The number of carbonyl (C=O) groups is 1. The number of aromatic nitrogens is 1. The molecule has 0 unspecified atom stereocenters. The summed E-state index contributed by atoms with van der Waals surface area (Å²) in [5, 5.41) is 14.5. The van der Waals surface area contributed by atoms with Crippen LogP contribution in [-0.2, 0) is 4.79 Å². The number of hydrogen-bond acceptors (Lipinski definition) is 6. The monoisotopic (exact) mass is 587 g/mol. The minimum Gasteiger partial charge on any atom is -0.494 e. The number of aromatic amines is 1. The van der Waals surface area contributed by atoms with Crippen LogP contribution in [0.25, 0.3) is 10.8 Å². The molecule has 1 amide bonds. The molecular weight excluding hydrogens is 557 g/mol. The maximum Gasteiger partial charge on any atom is 0.258 e. The fraction of sp³-hybridized carbons (Fsp3) is 0.346. The van der Waals surface area contributed by atoms with E-state index in [1.165, 1.54) is 0 Å². The highest BCUT2D eigenvalue weighted by Gasteiger charge is 2.24. The van der Waals surface area contributed by atoms with E-state index in [9.17, 15) is 14.7 Å². The molecule has 1 fully saturated rings. The van der Waals surface area contributed by atoms with Crippen LogP contribution in [-0.4, -0.2) is 67.4 Å². The van der Waals surface area contributed by atoms with Crippen molar-refractivity contribution in [1.29, 1.82) is 0 Å². The molecule has 8 nitrogen and oxygen atoms in total. The molecule has 0 saturated carbocycles. The van der Waals surface area contributed by atoms with Crippen LogP contribution in [0.3, 0.4) is 0 Å². The van der Waals surface area contributed by atoms with Crippen molar-refractivity contribution in [3.05, 3.63) is 62.0 Å². The summed E-state index contributed by atoms with van der Waals surface area (Å²) >= 11 is 2.18. The summed E-state index contributed by atoms with van der Waals surface area (Å²) in [5.74, 6) is 0.0301. The predicted molar refractivity (Wildman–Crippen MR) is 149 cm³/mol. The molecule has 9 heteroatoms. The number of anilines is 1. The molecule has 0 bridgehead atoms. The van der Waals surface area contributed by atoms with Gasteiger partial charge in [-0.1, -0.05) is 0 Å². The zero-order valence-corrected chi connectivity index (χ0v) is 22.1. The van der Waals surface area contributed by atoms with Gasteiger partial charge in [0.05, 0.1) is 11.3 Å². The van der Waals surface area contributed by atoms with Crippen molar-refractivity contribution >= 4 is 56.9 Å². The number of benzene rings is 2. The Bertz CT molecular complexity index is 1280. The van der Waals surface area contributed by atoms with Gasteiger partial charge in [-0.05, 0) is 92.0 Å². The number of nitrogens with one attached hydrogen (secondary N) is 2. The Labute approximate surface area is 218 Å². The van der Waals surface area contributed by atoms with Crippen LogP contribution in [0.5, 0.6) is 5.88 Å². The predicted octanol–water partition coefficient (Wildman–Crippen LogP) is 3.48. The summed E-state index contributed by atoms with van der Waals surface area (Å²) in [6.45, 7) is 3.20. The fourth-order valence-corrected chi connectivity index (χ4v) is 4.76. The number of pyridine rings is 1. The van der Waals surface area contributed by atoms with Gasteiger partial charge in [0.2, 0.25) is 11.8 Å². The molecule has 1 aliphatic rings. The molecule has 2 aromatic carbocycles. The lowest BCUT2D eigenvalue weighted by Gasteiger charge is -2.33. The van der Waals surface area contributed by atoms with E-state index in [2.05, 4.69) is 47.7 Å². The number of aromatic hydroxyl groups is 1. The molecule has 184 valence electrons. The Hall–Kier alpha value is -2.92. The van der Waals surface area contributed by atoms with Crippen molar-refractivity contribution in [2.75, 3.05) is 45.2 Å². The van der Waals surface area contributed by atoms with Crippen molar-refractivity contribution in [3.63, 3.8) is 0 Å². The van der Waals surface area contributed by atoms with Crippen LogP contribution in [0.4, 0.5) is 11.4 Å². The highest BCUT2D eigenvalue weighted by molar-refractivity contribution is 14.1. The summed E-state index contributed by atoms with van der Waals surface area (Å²) in [7, 11) is 3.99. The van der Waals surface area contributed by atoms with Crippen LogP contribution >= 0.6 is 22.6 Å². The average molecular weight is 587 g/mol. The number of amides is 1. The van der Waals surface area contributed by atoms with Gasteiger partial charge in [-0.3, -0.25) is 19.6 Å². The first-order chi connectivity index (χ1) is 16.8. The van der Waals surface area contributed by atoms with E-state index in [1.807, 2.05) is 50.5 Å². The summed E-state index contributed by atoms with van der Waals surface area (Å²) in [6.07, 6.45) is 3.26. The number of carbonyl (C=O) groups excluding carboxylic acids is 1. The van der Waals surface area contributed by atoms with E-state index in [4.69, 9.17) is 0 Å². The summed E-state index contributed by atoms with van der Waals surface area (Å²) in [5.41, 5.74) is 1.99. The highest BCUT2D eigenvalue weighted by Crippen LogP contribution is 2.27. The summed E-state index contributed by atoms with van der Waals surface area (Å²) in [6, 6.07) is 13.4. The van der Waals surface area contributed by atoms with Crippen molar-refractivity contribution < 1.29 is 9.90 Å². The third-order valence-corrected chi connectivity index (χ3v) is 6.96. The minimum absolute atomic E-state index is 0.0696. The largest absolute Gasteiger partial charge is 0.494 e. The summed E-state index contributed by atoms with van der Waals surface area (Å²) in [4.78, 5) is 35.9. The van der Waals surface area contributed by atoms with E-state index in [-0.39, 0.29) is 23.3 Å². The van der Waals surface area contributed by atoms with Crippen molar-refractivity contribution in [3.8, 4) is 5.88 Å². The lowest BCUT2D eigenvalue weighted by atomic mass is 9.95. The molecule has 1 aliphatic heterocycles. The fourth-order valence-electron chi connectivity index (χ4n) is 4.27. The number of fused-ring (bicyclic) bond motifs is 1. The molecular formula is C26H30IN5O3. The van der Waals surface area contributed by atoms with Crippen LogP contribution in [0.15, 0.2) is 52.3 Å². The first-order valence-electron chi connectivity index (χ1n) is 11.7. The van der Waals surface area contributed by atoms with Gasteiger partial charge in [-0.15, -0.1) is 0 Å². The number of likely N-dealkylation sites (N-methyl/N-ethyl adjacent to an activating group) is 1. The number of nitrogens with zero attached hydrogens (tertiary/aromatic N) is 3. The maximum absolute atomic E-state index is 12.4. The molecule has 1 saturated heterocycles. The lowest BCUT2D eigenvalue weighted by Crippen LogP contribution is -2.42. The Morgan fingerprint density at radius 2 is 1.91 bits per heavy atom. The number of H-pyrrole nitrogens is 1. The first-order valence-corrected chi connectivity index (χ1v) is 12.8. The van der Waals surface area contributed by atoms with Gasteiger partial charge >= 0.3 is 0 Å². The van der Waals surface area contributed by atoms with Crippen LogP contribution in [0.1, 0.15) is 18.4 Å². The molecule has 0 spiro atoms. The number of piperidine rings is 1. The molecule has 0 radical (unpaired) electrons. The molecule has 35 heavy (non-hydrogen) atoms. The normalized spacial score (nSPS) is 14.8. The molecule has 0 atom stereocenters. The second-order valence-electron chi connectivity index (χ2n) is 9.04. The van der Waals surface area contributed by atoms with Crippen molar-refractivity contribution in [2.45, 2.75) is 12.8 Å². The second kappa shape index (κ2) is 11.2. The number of halogens is 1. The minimum atomic E-state index is -0.329. The maximum atomic E-state index is 12.4. The van der Waals surface area contributed by atoms with E-state index in [0.717, 1.165) is 47.4 Å². The number of rotatable bonds is 7. The number of hydrogen-bond donors (Lipinski definition) is 3. The topological polar surface area (TPSA) is 101 Å². The zero-order valence-electron chi connectivity index (χ0n) is 19.9.